The molecule has 0 amide bonds. The van der Waals surface area contributed by atoms with Crippen molar-refractivity contribution in [2.75, 3.05) is 7.05 Å². The van der Waals surface area contributed by atoms with Crippen LogP contribution in [0.15, 0.2) is 41.1 Å². The number of thiophene rings is 1. The molecule has 1 heterocycles. The van der Waals surface area contributed by atoms with Gasteiger partial charge in [-0.25, -0.2) is 0 Å². The van der Waals surface area contributed by atoms with Gasteiger partial charge in [0.15, 0.2) is 0 Å². The molecule has 0 bridgehead atoms. The largest absolute Gasteiger partial charge is 0.313 e. The Balaban J connectivity index is 1.98. The van der Waals surface area contributed by atoms with Crippen LogP contribution < -0.4 is 5.32 Å². The summed E-state index contributed by atoms with van der Waals surface area (Å²) in [6.07, 6.45) is 3.41. The maximum Gasteiger partial charge on any atom is 0.0320 e. The minimum atomic E-state index is 0.454. The molecule has 18 heavy (non-hydrogen) atoms. The minimum absolute atomic E-state index is 0.454. The zero-order chi connectivity index (χ0) is 12.8. The lowest BCUT2D eigenvalue weighted by molar-refractivity contribution is 0.549. The van der Waals surface area contributed by atoms with E-state index in [2.05, 4.69) is 53.3 Å². The number of aryl methyl sites for hydroxylation is 2. The molecular weight excluding hydrogens is 238 g/mol. The molecule has 1 aromatic carbocycles. The Bertz CT molecular complexity index is 444. The SMILES string of the molecule is CCc1ccc(C(CCc2ccsc2)NC)cc1. The zero-order valence-corrected chi connectivity index (χ0v) is 12.0. The van der Waals surface area contributed by atoms with Crippen LogP contribution in [0.3, 0.4) is 0 Å². The van der Waals surface area contributed by atoms with Crippen LogP contribution in [0.4, 0.5) is 0 Å². The van der Waals surface area contributed by atoms with Crippen LogP contribution in [0, 0.1) is 0 Å². The van der Waals surface area contributed by atoms with Gasteiger partial charge in [0.1, 0.15) is 0 Å². The number of hydrogen-bond acceptors (Lipinski definition) is 2. The summed E-state index contributed by atoms with van der Waals surface area (Å²) in [6, 6.07) is 11.7. The Morgan fingerprint density at radius 3 is 2.44 bits per heavy atom. The van der Waals surface area contributed by atoms with Crippen molar-refractivity contribution in [1.82, 2.24) is 5.32 Å². The second kappa shape index (κ2) is 6.72. The van der Waals surface area contributed by atoms with Crippen LogP contribution in [-0.4, -0.2) is 7.05 Å². The first-order valence-corrected chi connectivity index (χ1v) is 7.55. The summed E-state index contributed by atoms with van der Waals surface area (Å²) in [4.78, 5) is 0. The van der Waals surface area contributed by atoms with Gasteiger partial charge in [-0.05, 0) is 59.8 Å². The highest BCUT2D eigenvalue weighted by Gasteiger charge is 2.09. The molecule has 1 unspecified atom stereocenters. The average Bonchev–Trinajstić information content (AvgIpc) is 2.93. The summed E-state index contributed by atoms with van der Waals surface area (Å²) < 4.78 is 0. The second-order valence-electron chi connectivity index (χ2n) is 4.61. The molecule has 96 valence electrons. The maximum atomic E-state index is 3.42. The van der Waals surface area contributed by atoms with Gasteiger partial charge in [-0.3, -0.25) is 0 Å². The van der Waals surface area contributed by atoms with Crippen LogP contribution in [-0.2, 0) is 12.8 Å². The molecule has 0 fully saturated rings. The third kappa shape index (κ3) is 3.44. The first-order chi connectivity index (χ1) is 8.83. The number of benzene rings is 1. The lowest BCUT2D eigenvalue weighted by atomic mass is 9.99. The van der Waals surface area contributed by atoms with Gasteiger partial charge in [0.2, 0.25) is 0 Å². The Hall–Kier alpha value is -1.12. The molecule has 0 spiro atoms. The van der Waals surface area contributed by atoms with Crippen molar-refractivity contribution in [1.29, 1.82) is 0 Å². The monoisotopic (exact) mass is 259 g/mol. The summed E-state index contributed by atoms with van der Waals surface area (Å²) >= 11 is 1.78. The van der Waals surface area contributed by atoms with Crippen LogP contribution in [0.5, 0.6) is 0 Å². The standard InChI is InChI=1S/C16H21NS/c1-3-13-4-7-15(8-5-13)16(17-2)9-6-14-10-11-18-12-14/h4-5,7-8,10-12,16-17H,3,6,9H2,1-2H3. The smallest absolute Gasteiger partial charge is 0.0320 e. The maximum absolute atomic E-state index is 3.42. The van der Waals surface area contributed by atoms with Crippen molar-refractivity contribution in [2.24, 2.45) is 0 Å². The fourth-order valence-electron chi connectivity index (χ4n) is 2.21. The quantitative estimate of drug-likeness (QED) is 0.819. The van der Waals surface area contributed by atoms with Gasteiger partial charge in [-0.15, -0.1) is 0 Å². The third-order valence-electron chi connectivity index (χ3n) is 3.44. The van der Waals surface area contributed by atoms with Gasteiger partial charge in [0, 0.05) is 6.04 Å². The van der Waals surface area contributed by atoms with E-state index in [0.717, 1.165) is 19.3 Å². The average molecular weight is 259 g/mol. The molecule has 0 aliphatic carbocycles. The van der Waals surface area contributed by atoms with Crippen LogP contribution in [0.25, 0.3) is 0 Å². The van der Waals surface area contributed by atoms with Crippen molar-refractivity contribution < 1.29 is 0 Å². The van der Waals surface area contributed by atoms with E-state index in [9.17, 15) is 0 Å². The fraction of sp³-hybridized carbons (Fsp3) is 0.375. The molecule has 1 N–H and O–H groups in total. The summed E-state index contributed by atoms with van der Waals surface area (Å²) in [6.45, 7) is 2.20. The first kappa shape index (κ1) is 13.3. The van der Waals surface area contributed by atoms with E-state index in [-0.39, 0.29) is 0 Å². The molecule has 2 rings (SSSR count). The molecule has 0 aliphatic rings. The summed E-state index contributed by atoms with van der Waals surface area (Å²) in [5, 5.41) is 7.82. The minimum Gasteiger partial charge on any atom is -0.313 e. The highest BCUT2D eigenvalue weighted by molar-refractivity contribution is 7.07. The molecule has 0 saturated carbocycles. The lowest BCUT2D eigenvalue weighted by Crippen LogP contribution is -2.17. The van der Waals surface area contributed by atoms with Gasteiger partial charge in [0.25, 0.3) is 0 Å². The highest BCUT2D eigenvalue weighted by Crippen LogP contribution is 2.20. The van der Waals surface area contributed by atoms with Gasteiger partial charge in [0.05, 0.1) is 0 Å². The molecule has 2 aromatic rings. The topological polar surface area (TPSA) is 12.0 Å². The number of hydrogen-bond donors (Lipinski definition) is 1. The Labute approximate surface area is 114 Å². The van der Waals surface area contributed by atoms with Crippen molar-refractivity contribution >= 4 is 11.3 Å². The van der Waals surface area contributed by atoms with Crippen molar-refractivity contribution in [3.8, 4) is 0 Å². The van der Waals surface area contributed by atoms with E-state index in [1.807, 2.05) is 7.05 Å². The van der Waals surface area contributed by atoms with Crippen molar-refractivity contribution in [3.05, 3.63) is 57.8 Å². The molecule has 2 heteroatoms. The summed E-state index contributed by atoms with van der Waals surface area (Å²) in [5.41, 5.74) is 4.25. The molecule has 0 saturated heterocycles. The predicted molar refractivity (Wildman–Crippen MR) is 80.3 cm³/mol. The van der Waals surface area contributed by atoms with E-state index >= 15 is 0 Å². The molecule has 0 aliphatic heterocycles. The highest BCUT2D eigenvalue weighted by atomic mass is 32.1. The van der Waals surface area contributed by atoms with Crippen LogP contribution in [0.1, 0.15) is 36.1 Å². The molecule has 1 nitrogen and oxygen atoms in total. The second-order valence-corrected chi connectivity index (χ2v) is 5.39. The van der Waals surface area contributed by atoms with Gasteiger partial charge >= 0.3 is 0 Å². The van der Waals surface area contributed by atoms with E-state index in [4.69, 9.17) is 0 Å². The van der Waals surface area contributed by atoms with Gasteiger partial charge in [-0.2, -0.15) is 11.3 Å². The van der Waals surface area contributed by atoms with E-state index < -0.39 is 0 Å². The van der Waals surface area contributed by atoms with Crippen molar-refractivity contribution in [2.45, 2.75) is 32.2 Å². The van der Waals surface area contributed by atoms with Crippen LogP contribution >= 0.6 is 11.3 Å². The Morgan fingerprint density at radius 1 is 1.11 bits per heavy atom. The van der Waals surface area contributed by atoms with Crippen molar-refractivity contribution in [3.63, 3.8) is 0 Å². The molecule has 1 aromatic heterocycles. The Kier molecular flexibility index (Phi) is 4.97. The summed E-state index contributed by atoms with van der Waals surface area (Å²) in [5.74, 6) is 0. The van der Waals surface area contributed by atoms with E-state index in [1.54, 1.807) is 11.3 Å². The van der Waals surface area contributed by atoms with E-state index in [0.29, 0.717) is 6.04 Å². The normalized spacial score (nSPS) is 12.6. The van der Waals surface area contributed by atoms with Crippen LogP contribution in [0.2, 0.25) is 0 Å². The molecular formula is C16H21NS. The predicted octanol–water partition coefficient (Wildman–Crippen LogP) is 4.20. The number of rotatable bonds is 6. The molecule has 1 atom stereocenters. The zero-order valence-electron chi connectivity index (χ0n) is 11.1. The Morgan fingerprint density at radius 2 is 1.89 bits per heavy atom. The third-order valence-corrected chi connectivity index (χ3v) is 4.17. The first-order valence-electron chi connectivity index (χ1n) is 6.60. The fourth-order valence-corrected chi connectivity index (χ4v) is 2.91. The van der Waals surface area contributed by atoms with Gasteiger partial charge in [-0.1, -0.05) is 31.2 Å². The molecule has 0 radical (unpaired) electrons. The summed E-state index contributed by atoms with van der Waals surface area (Å²) in [7, 11) is 2.05. The van der Waals surface area contributed by atoms with E-state index in [1.165, 1.54) is 16.7 Å². The van der Waals surface area contributed by atoms with Gasteiger partial charge < -0.3 is 5.32 Å². The lowest BCUT2D eigenvalue weighted by Gasteiger charge is -2.16. The number of nitrogens with one attached hydrogen (secondary N) is 1.